The molecule has 7 nitrogen and oxygen atoms in total. The van der Waals surface area contributed by atoms with Crippen molar-refractivity contribution >= 4 is 40.8 Å². The molecule has 0 bridgehead atoms. The van der Waals surface area contributed by atoms with Crippen molar-refractivity contribution in [1.29, 1.82) is 0 Å². The highest BCUT2D eigenvalue weighted by Crippen LogP contribution is 2.37. The van der Waals surface area contributed by atoms with Crippen LogP contribution in [0.1, 0.15) is 44.6 Å². The number of aromatic nitrogens is 1. The molecule has 4 heterocycles. The van der Waals surface area contributed by atoms with E-state index in [2.05, 4.69) is 15.6 Å². The molecule has 2 aromatic rings. The van der Waals surface area contributed by atoms with Gasteiger partial charge in [0.15, 0.2) is 5.82 Å². The van der Waals surface area contributed by atoms with E-state index in [0.717, 1.165) is 36.9 Å². The Balaban J connectivity index is 1.43. The molecule has 1 aromatic heterocycles. The minimum atomic E-state index is -4.24. The van der Waals surface area contributed by atoms with Gasteiger partial charge < -0.3 is 15.5 Å². The second-order valence-electron chi connectivity index (χ2n) is 9.86. The number of piperidine rings is 1. The Morgan fingerprint density at radius 3 is 2.81 bits per heavy atom. The van der Waals surface area contributed by atoms with Crippen LogP contribution >= 0.6 is 0 Å². The number of benzene rings is 1. The van der Waals surface area contributed by atoms with Gasteiger partial charge in [0, 0.05) is 50.2 Å². The molecule has 2 amide bonds. The molecule has 5 rings (SSSR count). The monoisotopic (exact) mass is 512 g/mol. The zero-order valence-electron chi connectivity index (χ0n) is 20.8. The third-order valence-electron chi connectivity index (χ3n) is 7.20. The van der Waals surface area contributed by atoms with Crippen LogP contribution in [0.3, 0.4) is 0 Å². The molecule has 1 aromatic carbocycles. The Morgan fingerprint density at radius 2 is 2.03 bits per heavy atom. The van der Waals surface area contributed by atoms with E-state index in [1.54, 1.807) is 15.9 Å². The molecular weight excluding hydrogens is 481 g/mol. The van der Waals surface area contributed by atoms with E-state index in [0.29, 0.717) is 36.0 Å². The molecule has 37 heavy (non-hydrogen) atoms. The van der Waals surface area contributed by atoms with E-state index >= 15 is 0 Å². The number of alkyl halides is 3. The lowest BCUT2D eigenvalue weighted by Gasteiger charge is -2.36. The SMILES string of the molecule is C[C@H]1CCCNc2ccc(N3CCCC(C(F)(F)F)C3)nc2N1C(=O)Nc1cccc(C2=CN=CC2)c1. The van der Waals surface area contributed by atoms with Crippen molar-refractivity contribution in [3.8, 4) is 0 Å². The maximum absolute atomic E-state index is 13.7. The Labute approximate surface area is 214 Å². The number of nitrogens with zero attached hydrogens (tertiary/aromatic N) is 4. The number of carbonyl (C=O) groups is 1. The van der Waals surface area contributed by atoms with Crippen molar-refractivity contribution in [3.63, 3.8) is 0 Å². The van der Waals surface area contributed by atoms with Crippen LogP contribution in [0.15, 0.2) is 47.6 Å². The Morgan fingerprint density at radius 1 is 1.16 bits per heavy atom. The summed E-state index contributed by atoms with van der Waals surface area (Å²) in [4.78, 5) is 25.9. The molecule has 3 aliphatic heterocycles. The fraction of sp³-hybridized carbons (Fsp3) is 0.444. The standard InChI is InChI=1S/C27H31F3N6O/c1-18-5-3-12-32-23-9-10-24(35-14-4-7-21(17-35)27(28,29)30)34-25(23)36(18)26(37)33-22-8-2-6-19(15-22)20-11-13-31-16-20/h2,6,8-10,13,15-16,18,21,32H,3-5,7,11-12,14,17H2,1H3,(H,33,37)/t18-,21?/m0/s1. The number of anilines is 4. The smallest absolute Gasteiger partial charge is 0.382 e. The minimum Gasteiger partial charge on any atom is -0.382 e. The first-order valence-corrected chi connectivity index (χ1v) is 12.8. The van der Waals surface area contributed by atoms with Crippen molar-refractivity contribution in [3.05, 3.63) is 48.2 Å². The number of hydrogen-bond donors (Lipinski definition) is 2. The van der Waals surface area contributed by atoms with Crippen molar-refractivity contribution in [2.45, 2.75) is 51.2 Å². The summed E-state index contributed by atoms with van der Waals surface area (Å²) >= 11 is 0. The van der Waals surface area contributed by atoms with Gasteiger partial charge in [0.25, 0.3) is 0 Å². The van der Waals surface area contributed by atoms with Crippen LogP contribution in [0.5, 0.6) is 0 Å². The number of aliphatic imine (C=N–C) groups is 1. The van der Waals surface area contributed by atoms with E-state index in [1.165, 1.54) is 0 Å². The number of allylic oxidation sites excluding steroid dienone is 1. The fourth-order valence-corrected chi connectivity index (χ4v) is 5.16. The maximum atomic E-state index is 13.7. The Hall–Kier alpha value is -3.56. The minimum absolute atomic E-state index is 0.125. The Kier molecular flexibility index (Phi) is 7.08. The summed E-state index contributed by atoms with van der Waals surface area (Å²) in [7, 11) is 0. The quantitative estimate of drug-likeness (QED) is 0.506. The molecule has 0 aliphatic carbocycles. The number of rotatable bonds is 3. The van der Waals surface area contributed by atoms with Gasteiger partial charge in [-0.2, -0.15) is 13.2 Å². The largest absolute Gasteiger partial charge is 0.393 e. The summed E-state index contributed by atoms with van der Waals surface area (Å²) in [6.07, 6.45) is 2.37. The molecule has 1 fully saturated rings. The van der Waals surface area contributed by atoms with Crippen molar-refractivity contribution in [2.24, 2.45) is 10.9 Å². The van der Waals surface area contributed by atoms with Gasteiger partial charge in [-0.25, -0.2) is 9.78 Å². The highest BCUT2D eigenvalue weighted by atomic mass is 19.4. The second kappa shape index (κ2) is 10.4. The number of hydrogen-bond acceptors (Lipinski definition) is 5. The first-order chi connectivity index (χ1) is 17.8. The number of fused-ring (bicyclic) bond motifs is 1. The lowest BCUT2D eigenvalue weighted by molar-refractivity contribution is -0.176. The zero-order valence-corrected chi connectivity index (χ0v) is 20.8. The van der Waals surface area contributed by atoms with Crippen molar-refractivity contribution < 1.29 is 18.0 Å². The molecule has 3 aliphatic rings. The van der Waals surface area contributed by atoms with Crippen LogP contribution in [0.25, 0.3) is 5.57 Å². The van der Waals surface area contributed by atoms with Crippen molar-refractivity contribution in [2.75, 3.05) is 40.1 Å². The average Bonchev–Trinajstić information content (AvgIpc) is 3.41. The molecular formula is C27H31F3N6O. The number of urea groups is 1. The van der Waals surface area contributed by atoms with Crippen LogP contribution in [0.4, 0.5) is 41.0 Å². The Bertz CT molecular complexity index is 1210. The number of carbonyl (C=O) groups excluding carboxylic acids is 1. The van der Waals surface area contributed by atoms with Crippen LogP contribution in [0.2, 0.25) is 0 Å². The molecule has 0 spiro atoms. The van der Waals surface area contributed by atoms with Crippen LogP contribution in [-0.4, -0.2) is 49.1 Å². The van der Waals surface area contributed by atoms with E-state index in [1.807, 2.05) is 49.7 Å². The third-order valence-corrected chi connectivity index (χ3v) is 7.20. The van der Waals surface area contributed by atoms with Gasteiger partial charge in [-0.15, -0.1) is 0 Å². The van der Waals surface area contributed by atoms with Crippen LogP contribution < -0.4 is 20.4 Å². The van der Waals surface area contributed by atoms with E-state index in [9.17, 15) is 18.0 Å². The van der Waals surface area contributed by atoms with Gasteiger partial charge in [-0.3, -0.25) is 9.89 Å². The number of pyridine rings is 1. The summed E-state index contributed by atoms with van der Waals surface area (Å²) < 4.78 is 40.3. The molecule has 0 radical (unpaired) electrons. The van der Waals surface area contributed by atoms with Gasteiger partial charge in [0.05, 0.1) is 11.6 Å². The maximum Gasteiger partial charge on any atom is 0.393 e. The average molecular weight is 513 g/mol. The molecule has 2 N–H and O–H groups in total. The highest BCUT2D eigenvalue weighted by Gasteiger charge is 2.42. The van der Waals surface area contributed by atoms with E-state index < -0.39 is 12.1 Å². The molecule has 196 valence electrons. The van der Waals surface area contributed by atoms with Crippen molar-refractivity contribution in [1.82, 2.24) is 4.98 Å². The van der Waals surface area contributed by atoms with Gasteiger partial charge >= 0.3 is 12.2 Å². The van der Waals surface area contributed by atoms with Gasteiger partial charge in [0.1, 0.15) is 5.82 Å². The lowest BCUT2D eigenvalue weighted by Crippen LogP contribution is -2.44. The van der Waals surface area contributed by atoms with E-state index in [4.69, 9.17) is 4.98 Å². The summed E-state index contributed by atoms with van der Waals surface area (Å²) in [5, 5.41) is 6.35. The van der Waals surface area contributed by atoms with Gasteiger partial charge in [-0.05, 0) is 68.0 Å². The fourth-order valence-electron chi connectivity index (χ4n) is 5.16. The van der Waals surface area contributed by atoms with Crippen LogP contribution in [0, 0.1) is 5.92 Å². The third kappa shape index (κ3) is 5.57. The molecule has 2 atom stereocenters. The molecule has 1 unspecified atom stereocenters. The predicted molar refractivity (Wildman–Crippen MR) is 141 cm³/mol. The first kappa shape index (κ1) is 25.1. The second-order valence-corrected chi connectivity index (χ2v) is 9.86. The summed E-state index contributed by atoms with van der Waals surface area (Å²) in [6, 6.07) is 10.7. The summed E-state index contributed by atoms with van der Waals surface area (Å²) in [5.41, 5.74) is 3.41. The number of amides is 2. The summed E-state index contributed by atoms with van der Waals surface area (Å²) in [5.74, 6) is -0.496. The summed E-state index contributed by atoms with van der Waals surface area (Å²) in [6.45, 7) is 3.07. The van der Waals surface area contributed by atoms with Gasteiger partial charge in [-0.1, -0.05) is 12.1 Å². The lowest BCUT2D eigenvalue weighted by atomic mass is 9.97. The molecule has 0 saturated carbocycles. The number of nitrogens with one attached hydrogen (secondary N) is 2. The first-order valence-electron chi connectivity index (χ1n) is 12.8. The topological polar surface area (TPSA) is 72.9 Å². The predicted octanol–water partition coefficient (Wildman–Crippen LogP) is 6.31. The zero-order chi connectivity index (χ0) is 26.0. The van der Waals surface area contributed by atoms with Crippen LogP contribution in [-0.2, 0) is 0 Å². The molecule has 10 heteroatoms. The normalized spacial score (nSPS) is 22.0. The number of halogens is 3. The highest BCUT2D eigenvalue weighted by molar-refractivity contribution is 6.04. The van der Waals surface area contributed by atoms with Gasteiger partial charge in [0.2, 0.25) is 0 Å². The molecule has 1 saturated heterocycles. The van der Waals surface area contributed by atoms with E-state index in [-0.39, 0.29) is 25.0 Å².